The minimum absolute atomic E-state index is 0.173. The maximum Gasteiger partial charge on any atom is 0.339 e. The Kier molecular flexibility index (Phi) is 3.34. The topological polar surface area (TPSA) is 108 Å². The van der Waals surface area contributed by atoms with Crippen molar-refractivity contribution in [2.45, 2.75) is 0 Å². The van der Waals surface area contributed by atoms with Crippen LogP contribution in [0, 0.1) is 4.91 Å². The fraction of sp³-hybridized carbons (Fsp3) is 0.0625. The van der Waals surface area contributed by atoms with Crippen molar-refractivity contribution >= 4 is 34.2 Å². The number of carbonyl (C=O) groups excluding carboxylic acids is 1. The number of anilines is 2. The normalized spacial score (nSPS) is 14.1. The molecule has 0 amide bonds. The van der Waals surface area contributed by atoms with Gasteiger partial charge in [0.25, 0.3) is 0 Å². The van der Waals surface area contributed by atoms with Gasteiger partial charge >= 0.3 is 5.97 Å². The number of nitroso groups, excluding NO2 is 1. The van der Waals surface area contributed by atoms with Gasteiger partial charge in [0, 0.05) is 5.57 Å². The zero-order valence-corrected chi connectivity index (χ0v) is 11.6. The number of nitrogens with two attached hydrogens (primary N) is 2. The standard InChI is InChI=1S/C16H13N3O3/c17-13-6-3-10(7-14(13)18)15-12(8-22-16(15)20)9-1-4-11(19-21)5-2-9/h1-7H,8,17-18H2. The van der Waals surface area contributed by atoms with Crippen molar-refractivity contribution < 1.29 is 9.53 Å². The van der Waals surface area contributed by atoms with Crippen LogP contribution in [0.2, 0.25) is 0 Å². The van der Waals surface area contributed by atoms with Crippen molar-refractivity contribution in [2.24, 2.45) is 5.18 Å². The lowest BCUT2D eigenvalue weighted by Gasteiger charge is -2.07. The molecule has 0 saturated carbocycles. The molecule has 0 aromatic heterocycles. The summed E-state index contributed by atoms with van der Waals surface area (Å²) in [7, 11) is 0. The number of esters is 1. The second-order valence-corrected chi connectivity index (χ2v) is 4.91. The highest BCUT2D eigenvalue weighted by molar-refractivity contribution is 6.27. The second-order valence-electron chi connectivity index (χ2n) is 4.91. The molecule has 1 heterocycles. The molecule has 2 aromatic carbocycles. The second kappa shape index (κ2) is 5.33. The van der Waals surface area contributed by atoms with Gasteiger partial charge in [-0.2, -0.15) is 0 Å². The maximum atomic E-state index is 12.1. The van der Waals surface area contributed by atoms with Gasteiger partial charge in [-0.25, -0.2) is 4.79 Å². The van der Waals surface area contributed by atoms with E-state index in [1.54, 1.807) is 42.5 Å². The molecule has 1 aliphatic heterocycles. The van der Waals surface area contributed by atoms with Crippen LogP contribution in [0.5, 0.6) is 0 Å². The molecule has 0 aliphatic carbocycles. The first-order valence-corrected chi connectivity index (χ1v) is 6.59. The van der Waals surface area contributed by atoms with Crippen LogP contribution >= 0.6 is 0 Å². The molecule has 0 bridgehead atoms. The first kappa shape index (κ1) is 13.8. The van der Waals surface area contributed by atoms with E-state index in [2.05, 4.69) is 5.18 Å². The summed E-state index contributed by atoms with van der Waals surface area (Å²) in [6, 6.07) is 11.7. The summed E-state index contributed by atoms with van der Waals surface area (Å²) in [4.78, 5) is 22.5. The van der Waals surface area contributed by atoms with Crippen molar-refractivity contribution in [2.75, 3.05) is 18.1 Å². The third-order valence-electron chi connectivity index (χ3n) is 3.55. The Bertz CT molecular complexity index is 795. The molecule has 0 spiro atoms. The Hall–Kier alpha value is -3.15. The SMILES string of the molecule is Nc1ccc(C2=C(c3ccc(N=O)cc3)COC2=O)cc1N. The number of nitrogens with zero attached hydrogens (tertiary/aromatic N) is 1. The number of carbonyl (C=O) groups is 1. The summed E-state index contributed by atoms with van der Waals surface area (Å²) in [5.74, 6) is -0.406. The Labute approximate surface area is 126 Å². The van der Waals surface area contributed by atoms with E-state index in [1.807, 2.05) is 0 Å². The molecule has 4 N–H and O–H groups in total. The molecule has 2 aromatic rings. The summed E-state index contributed by atoms with van der Waals surface area (Å²) in [6.07, 6.45) is 0. The van der Waals surface area contributed by atoms with Crippen molar-refractivity contribution in [1.82, 2.24) is 0 Å². The van der Waals surface area contributed by atoms with E-state index in [0.29, 0.717) is 28.2 Å². The molecule has 22 heavy (non-hydrogen) atoms. The van der Waals surface area contributed by atoms with Crippen LogP contribution in [-0.4, -0.2) is 12.6 Å². The van der Waals surface area contributed by atoms with E-state index in [1.165, 1.54) is 0 Å². The van der Waals surface area contributed by atoms with Gasteiger partial charge < -0.3 is 16.2 Å². The van der Waals surface area contributed by atoms with Gasteiger partial charge in [-0.3, -0.25) is 0 Å². The fourth-order valence-electron chi connectivity index (χ4n) is 2.38. The molecule has 1 aliphatic rings. The number of benzene rings is 2. The zero-order valence-electron chi connectivity index (χ0n) is 11.6. The lowest BCUT2D eigenvalue weighted by atomic mass is 9.96. The van der Waals surface area contributed by atoms with Crippen molar-refractivity contribution in [1.29, 1.82) is 0 Å². The van der Waals surface area contributed by atoms with Crippen molar-refractivity contribution in [3.63, 3.8) is 0 Å². The van der Waals surface area contributed by atoms with Crippen LogP contribution in [0.3, 0.4) is 0 Å². The number of hydrogen-bond acceptors (Lipinski definition) is 6. The summed E-state index contributed by atoms with van der Waals surface area (Å²) in [6.45, 7) is 0.173. The van der Waals surface area contributed by atoms with Gasteiger partial charge in [0.1, 0.15) is 12.3 Å². The molecular weight excluding hydrogens is 282 g/mol. The van der Waals surface area contributed by atoms with Gasteiger partial charge in [-0.1, -0.05) is 18.2 Å². The number of hydrogen-bond donors (Lipinski definition) is 2. The van der Waals surface area contributed by atoms with E-state index in [0.717, 1.165) is 11.1 Å². The highest BCUT2D eigenvalue weighted by atomic mass is 16.5. The molecule has 0 saturated heterocycles. The van der Waals surface area contributed by atoms with Crippen molar-refractivity contribution in [3.05, 3.63) is 58.5 Å². The number of nitrogen functional groups attached to an aromatic ring is 2. The average molecular weight is 295 g/mol. The van der Waals surface area contributed by atoms with Crippen LogP contribution in [0.4, 0.5) is 17.1 Å². The zero-order chi connectivity index (χ0) is 15.7. The van der Waals surface area contributed by atoms with E-state index in [9.17, 15) is 9.70 Å². The summed E-state index contributed by atoms with van der Waals surface area (Å²) >= 11 is 0. The van der Waals surface area contributed by atoms with Crippen LogP contribution in [-0.2, 0) is 9.53 Å². The van der Waals surface area contributed by atoms with Gasteiger partial charge in [0.2, 0.25) is 0 Å². The maximum absolute atomic E-state index is 12.1. The first-order valence-electron chi connectivity index (χ1n) is 6.59. The summed E-state index contributed by atoms with van der Waals surface area (Å²) in [5, 5.41) is 2.86. The highest BCUT2D eigenvalue weighted by Crippen LogP contribution is 2.34. The number of cyclic esters (lactones) is 1. The fourth-order valence-corrected chi connectivity index (χ4v) is 2.38. The van der Waals surface area contributed by atoms with Crippen LogP contribution in [0.25, 0.3) is 11.1 Å². The Morgan fingerprint density at radius 2 is 1.64 bits per heavy atom. The summed E-state index contributed by atoms with van der Waals surface area (Å²) in [5.41, 5.74) is 15.4. The Morgan fingerprint density at radius 3 is 2.27 bits per heavy atom. The predicted octanol–water partition coefficient (Wildman–Crippen LogP) is 2.72. The van der Waals surface area contributed by atoms with Crippen molar-refractivity contribution in [3.8, 4) is 0 Å². The van der Waals surface area contributed by atoms with E-state index in [4.69, 9.17) is 16.2 Å². The van der Waals surface area contributed by atoms with E-state index in [-0.39, 0.29) is 6.61 Å². The Balaban J connectivity index is 2.12. The van der Waals surface area contributed by atoms with Crippen LogP contribution in [0.1, 0.15) is 11.1 Å². The van der Waals surface area contributed by atoms with Crippen LogP contribution < -0.4 is 11.5 Å². The van der Waals surface area contributed by atoms with Crippen LogP contribution in [0.15, 0.2) is 47.6 Å². The largest absolute Gasteiger partial charge is 0.457 e. The smallest absolute Gasteiger partial charge is 0.339 e. The molecule has 6 nitrogen and oxygen atoms in total. The highest BCUT2D eigenvalue weighted by Gasteiger charge is 2.27. The summed E-state index contributed by atoms with van der Waals surface area (Å²) < 4.78 is 5.14. The minimum atomic E-state index is -0.406. The molecule has 110 valence electrons. The molecular formula is C16H13N3O3. The van der Waals surface area contributed by atoms with Gasteiger partial charge in [0.05, 0.1) is 16.9 Å². The third kappa shape index (κ3) is 2.31. The van der Waals surface area contributed by atoms with E-state index < -0.39 is 5.97 Å². The van der Waals surface area contributed by atoms with Gasteiger partial charge in [-0.15, -0.1) is 4.91 Å². The molecule has 3 rings (SSSR count). The molecule has 0 unspecified atom stereocenters. The third-order valence-corrected chi connectivity index (χ3v) is 3.55. The molecule has 6 heteroatoms. The first-order chi connectivity index (χ1) is 10.6. The molecule has 0 radical (unpaired) electrons. The van der Waals surface area contributed by atoms with Gasteiger partial charge in [0.15, 0.2) is 0 Å². The van der Waals surface area contributed by atoms with Gasteiger partial charge in [-0.05, 0) is 40.6 Å². The number of ether oxygens (including phenoxy) is 1. The number of rotatable bonds is 3. The molecule has 0 atom stereocenters. The molecule has 0 fully saturated rings. The quantitative estimate of drug-likeness (QED) is 0.514. The minimum Gasteiger partial charge on any atom is -0.457 e. The lowest BCUT2D eigenvalue weighted by molar-refractivity contribution is -0.133. The van der Waals surface area contributed by atoms with E-state index >= 15 is 0 Å². The Morgan fingerprint density at radius 1 is 0.955 bits per heavy atom. The average Bonchev–Trinajstić information content (AvgIpc) is 2.92. The monoisotopic (exact) mass is 295 g/mol. The lowest BCUT2D eigenvalue weighted by Crippen LogP contribution is -2.01. The predicted molar refractivity (Wildman–Crippen MR) is 84.9 cm³/mol.